The van der Waals surface area contributed by atoms with Gasteiger partial charge in [-0.1, -0.05) is 12.1 Å². The number of para-hydroxylation sites is 1. The van der Waals surface area contributed by atoms with Gasteiger partial charge in [-0.15, -0.1) is 0 Å². The van der Waals surface area contributed by atoms with E-state index >= 15 is 0 Å². The van der Waals surface area contributed by atoms with Crippen molar-refractivity contribution in [3.05, 3.63) is 29.8 Å². The maximum absolute atomic E-state index is 11.6. The highest BCUT2D eigenvalue weighted by Crippen LogP contribution is 2.18. The molecule has 0 N–H and O–H groups in total. The molecule has 1 aromatic carbocycles. The minimum Gasteiger partial charge on any atom is -0.496 e. The molecule has 0 atom stereocenters. The van der Waals surface area contributed by atoms with Gasteiger partial charge in [0, 0.05) is 6.26 Å². The van der Waals surface area contributed by atoms with Gasteiger partial charge in [0.25, 0.3) is 0 Å². The number of benzene rings is 1. The Hall–Kier alpha value is -1.36. The molecule has 0 aliphatic carbocycles. The molecule has 0 aliphatic rings. The zero-order valence-corrected chi connectivity index (χ0v) is 9.37. The van der Waals surface area contributed by atoms with Crippen LogP contribution in [0.2, 0.25) is 0 Å². The van der Waals surface area contributed by atoms with Gasteiger partial charge in [-0.2, -0.15) is 0 Å². The normalized spacial score (nSPS) is 11.1. The largest absolute Gasteiger partial charge is 0.496 e. The third-order valence-corrected chi connectivity index (χ3v) is 2.59. The predicted molar refractivity (Wildman–Crippen MR) is 57.0 cm³/mol. The molecule has 0 fully saturated rings. The van der Waals surface area contributed by atoms with Gasteiger partial charge in [-0.25, -0.2) is 8.42 Å². The van der Waals surface area contributed by atoms with Gasteiger partial charge >= 0.3 is 0 Å². The first kappa shape index (κ1) is 11.7. The number of hydrogen-bond donors (Lipinski definition) is 0. The van der Waals surface area contributed by atoms with E-state index in [0.29, 0.717) is 11.3 Å². The molecular weight excluding hydrogens is 216 g/mol. The van der Waals surface area contributed by atoms with Crippen LogP contribution in [0.4, 0.5) is 0 Å². The number of rotatable bonds is 4. The summed E-state index contributed by atoms with van der Waals surface area (Å²) in [7, 11) is -1.86. The third-order valence-electron chi connectivity index (χ3n) is 1.80. The average Bonchev–Trinajstić information content (AvgIpc) is 2.15. The molecule has 0 radical (unpaired) electrons. The zero-order valence-electron chi connectivity index (χ0n) is 8.56. The molecule has 0 saturated heterocycles. The molecule has 0 aromatic heterocycles. The topological polar surface area (TPSA) is 60.4 Å². The van der Waals surface area contributed by atoms with Crippen molar-refractivity contribution < 1.29 is 17.9 Å². The number of Topliss-reactive ketones (excluding diaryl/α,β-unsaturated/α-hetero) is 1. The van der Waals surface area contributed by atoms with E-state index in [-0.39, 0.29) is 0 Å². The highest BCUT2D eigenvalue weighted by atomic mass is 32.2. The van der Waals surface area contributed by atoms with E-state index in [2.05, 4.69) is 0 Å². The SMILES string of the molecule is COc1ccccc1C(=O)CS(C)(=O)=O. The monoisotopic (exact) mass is 228 g/mol. The summed E-state index contributed by atoms with van der Waals surface area (Å²) in [4.78, 5) is 11.6. The standard InChI is InChI=1S/C10H12O4S/c1-14-10-6-4-3-5-8(10)9(11)7-15(2,12)13/h3-6H,7H2,1-2H3. The fourth-order valence-electron chi connectivity index (χ4n) is 1.19. The van der Waals surface area contributed by atoms with Crippen LogP contribution < -0.4 is 4.74 Å². The fraction of sp³-hybridized carbons (Fsp3) is 0.300. The van der Waals surface area contributed by atoms with Crippen molar-refractivity contribution in [3.63, 3.8) is 0 Å². The summed E-state index contributed by atoms with van der Waals surface area (Å²) in [5.74, 6) is -0.547. The minimum absolute atomic E-state index is 0.297. The Kier molecular flexibility index (Phi) is 3.47. The lowest BCUT2D eigenvalue weighted by Gasteiger charge is -2.05. The van der Waals surface area contributed by atoms with E-state index in [9.17, 15) is 13.2 Å². The van der Waals surface area contributed by atoms with Gasteiger partial charge in [-0.05, 0) is 12.1 Å². The molecule has 15 heavy (non-hydrogen) atoms. The van der Waals surface area contributed by atoms with Crippen LogP contribution in [0.5, 0.6) is 5.75 Å². The van der Waals surface area contributed by atoms with Crippen LogP contribution in [0.1, 0.15) is 10.4 Å². The first-order valence-electron chi connectivity index (χ1n) is 4.28. The Balaban J connectivity index is 3.01. The van der Waals surface area contributed by atoms with Crippen molar-refractivity contribution in [2.24, 2.45) is 0 Å². The van der Waals surface area contributed by atoms with Crippen LogP contribution >= 0.6 is 0 Å². The molecule has 0 heterocycles. The Morgan fingerprint density at radius 3 is 2.47 bits per heavy atom. The average molecular weight is 228 g/mol. The second-order valence-electron chi connectivity index (χ2n) is 3.19. The smallest absolute Gasteiger partial charge is 0.181 e. The highest BCUT2D eigenvalue weighted by molar-refractivity contribution is 7.91. The van der Waals surface area contributed by atoms with Crippen LogP contribution in [0.3, 0.4) is 0 Å². The number of ether oxygens (including phenoxy) is 1. The lowest BCUT2D eigenvalue weighted by Crippen LogP contribution is -2.15. The van der Waals surface area contributed by atoms with Crippen LogP contribution in [-0.4, -0.2) is 33.3 Å². The summed E-state index contributed by atoms with van der Waals surface area (Å²) in [6.07, 6.45) is 1.03. The van der Waals surface area contributed by atoms with Crippen molar-refractivity contribution in [3.8, 4) is 5.75 Å². The number of carbonyl (C=O) groups excluding carboxylic acids is 1. The lowest BCUT2D eigenvalue weighted by molar-refractivity contribution is 0.101. The molecule has 82 valence electrons. The summed E-state index contributed by atoms with van der Waals surface area (Å²) < 4.78 is 26.9. The minimum atomic E-state index is -3.30. The Morgan fingerprint density at radius 1 is 1.33 bits per heavy atom. The molecule has 0 amide bonds. The van der Waals surface area contributed by atoms with E-state index in [1.165, 1.54) is 7.11 Å². The van der Waals surface area contributed by atoms with Gasteiger partial charge in [-0.3, -0.25) is 4.79 Å². The van der Waals surface area contributed by atoms with Crippen LogP contribution in [0.15, 0.2) is 24.3 Å². The summed E-state index contributed by atoms with van der Waals surface area (Å²) in [6, 6.07) is 6.55. The molecule has 1 rings (SSSR count). The zero-order chi connectivity index (χ0) is 11.5. The molecule has 0 spiro atoms. The third kappa shape index (κ3) is 3.36. The van der Waals surface area contributed by atoms with Crippen molar-refractivity contribution in [1.82, 2.24) is 0 Å². The number of hydrogen-bond acceptors (Lipinski definition) is 4. The van der Waals surface area contributed by atoms with Gasteiger partial charge < -0.3 is 4.74 Å². The van der Waals surface area contributed by atoms with Gasteiger partial charge in [0.15, 0.2) is 15.6 Å². The summed E-state index contributed by atoms with van der Waals surface area (Å²) >= 11 is 0. The molecule has 1 aromatic rings. The number of sulfone groups is 1. The van der Waals surface area contributed by atoms with Crippen molar-refractivity contribution >= 4 is 15.6 Å². The van der Waals surface area contributed by atoms with Gasteiger partial charge in [0.1, 0.15) is 11.5 Å². The molecule has 0 bridgehead atoms. The highest BCUT2D eigenvalue weighted by Gasteiger charge is 2.16. The molecular formula is C10H12O4S. The van der Waals surface area contributed by atoms with E-state index in [0.717, 1.165) is 6.26 Å². The lowest BCUT2D eigenvalue weighted by atomic mass is 10.1. The molecule has 0 aliphatic heterocycles. The van der Waals surface area contributed by atoms with Crippen molar-refractivity contribution in [1.29, 1.82) is 0 Å². The molecule has 0 saturated carbocycles. The van der Waals surface area contributed by atoms with Gasteiger partial charge in [0.2, 0.25) is 0 Å². The Morgan fingerprint density at radius 2 is 1.93 bits per heavy atom. The van der Waals surface area contributed by atoms with Crippen molar-refractivity contribution in [2.75, 3.05) is 19.1 Å². The van der Waals surface area contributed by atoms with Crippen LogP contribution in [0, 0.1) is 0 Å². The number of methoxy groups -OCH3 is 1. The van der Waals surface area contributed by atoms with Crippen LogP contribution in [-0.2, 0) is 9.84 Å². The molecule has 0 unspecified atom stereocenters. The second-order valence-corrected chi connectivity index (χ2v) is 5.33. The Labute approximate surface area is 88.8 Å². The first-order chi connectivity index (χ1) is 6.94. The van der Waals surface area contributed by atoms with E-state index in [1.807, 2.05) is 0 Å². The summed E-state index contributed by atoms with van der Waals surface area (Å²) in [5, 5.41) is 0. The Bertz CT molecular complexity index is 462. The maximum atomic E-state index is 11.6. The van der Waals surface area contributed by atoms with E-state index in [4.69, 9.17) is 4.74 Å². The van der Waals surface area contributed by atoms with E-state index in [1.54, 1.807) is 24.3 Å². The maximum Gasteiger partial charge on any atom is 0.181 e. The predicted octanol–water partition coefficient (Wildman–Crippen LogP) is 0.922. The summed E-state index contributed by atoms with van der Waals surface area (Å²) in [5.41, 5.74) is 0.297. The fourth-order valence-corrected chi connectivity index (χ4v) is 1.82. The molecule has 5 heteroatoms. The van der Waals surface area contributed by atoms with Gasteiger partial charge in [0.05, 0.1) is 12.7 Å². The number of ketones is 1. The second kappa shape index (κ2) is 4.44. The molecule has 4 nitrogen and oxygen atoms in total. The summed E-state index contributed by atoms with van der Waals surface area (Å²) in [6.45, 7) is 0. The number of carbonyl (C=O) groups is 1. The van der Waals surface area contributed by atoms with E-state index < -0.39 is 21.4 Å². The quantitative estimate of drug-likeness (QED) is 0.719. The first-order valence-corrected chi connectivity index (χ1v) is 6.34. The van der Waals surface area contributed by atoms with Crippen LogP contribution in [0.25, 0.3) is 0 Å². The van der Waals surface area contributed by atoms with Crippen molar-refractivity contribution in [2.45, 2.75) is 0 Å².